The molecule has 9 nitrogen and oxygen atoms in total. The molecule has 0 aliphatic carbocycles. The van der Waals surface area contributed by atoms with E-state index in [2.05, 4.69) is 18.7 Å². The molecule has 1 aliphatic rings. The number of amides is 1. The molecule has 1 saturated heterocycles. The number of hydrogen-bond acceptors (Lipinski definition) is 7. The van der Waals surface area contributed by atoms with Crippen molar-refractivity contribution in [3.05, 3.63) is 75.3 Å². The van der Waals surface area contributed by atoms with Crippen LogP contribution < -0.4 is 4.74 Å². The summed E-state index contributed by atoms with van der Waals surface area (Å²) in [5.74, 6) is -1.24. The second-order valence-corrected chi connectivity index (χ2v) is 9.48. The highest BCUT2D eigenvalue weighted by molar-refractivity contribution is 6.46. The second kappa shape index (κ2) is 13.7. The highest BCUT2D eigenvalue weighted by Crippen LogP contribution is 2.40. The monoisotopic (exact) mass is 523 g/mol. The number of aliphatic hydroxyl groups excluding tert-OH is 1. The van der Waals surface area contributed by atoms with Gasteiger partial charge in [-0.1, -0.05) is 38.8 Å². The van der Waals surface area contributed by atoms with E-state index in [0.717, 1.165) is 45.3 Å². The number of nitro groups is 1. The largest absolute Gasteiger partial charge is 0.507 e. The molecule has 0 unspecified atom stereocenters. The summed E-state index contributed by atoms with van der Waals surface area (Å²) in [4.78, 5) is 40.9. The number of aliphatic hydroxyl groups is 1. The summed E-state index contributed by atoms with van der Waals surface area (Å²) in [6.45, 7) is 7.46. The van der Waals surface area contributed by atoms with Gasteiger partial charge in [-0.15, -0.1) is 0 Å². The number of likely N-dealkylation sites (tertiary alicyclic amines) is 1. The average Bonchev–Trinajstić information content (AvgIpc) is 3.18. The molecule has 0 spiro atoms. The van der Waals surface area contributed by atoms with Gasteiger partial charge in [0.2, 0.25) is 0 Å². The predicted molar refractivity (Wildman–Crippen MR) is 146 cm³/mol. The van der Waals surface area contributed by atoms with E-state index in [1.54, 1.807) is 24.3 Å². The van der Waals surface area contributed by atoms with Crippen molar-refractivity contribution in [2.24, 2.45) is 0 Å². The maximum absolute atomic E-state index is 13.3. The van der Waals surface area contributed by atoms with Crippen LogP contribution in [0, 0.1) is 10.1 Å². The smallest absolute Gasteiger partial charge is 0.295 e. The molecule has 38 heavy (non-hydrogen) atoms. The van der Waals surface area contributed by atoms with Crippen LogP contribution in [-0.4, -0.2) is 64.8 Å². The third kappa shape index (κ3) is 6.77. The zero-order chi connectivity index (χ0) is 27.7. The van der Waals surface area contributed by atoms with Crippen LogP contribution in [0.1, 0.15) is 63.1 Å². The Morgan fingerprint density at radius 2 is 1.66 bits per heavy atom. The summed E-state index contributed by atoms with van der Waals surface area (Å²) in [6.07, 6.45) is 5.10. The Morgan fingerprint density at radius 1 is 1.03 bits per heavy atom. The predicted octanol–water partition coefficient (Wildman–Crippen LogP) is 5.32. The van der Waals surface area contributed by atoms with Crippen molar-refractivity contribution in [3.8, 4) is 5.75 Å². The first kappa shape index (κ1) is 28.8. The van der Waals surface area contributed by atoms with Crippen molar-refractivity contribution in [1.82, 2.24) is 9.80 Å². The SMILES string of the molecule is CCCCN(CCCC)CCCN1C(=O)C(=O)C(=C(O)c2ccc([N+](=O)[O-])cc2)[C@H]1c1cccc(OC)c1. The molecular formula is C29H37N3O6. The first-order valence-electron chi connectivity index (χ1n) is 13.2. The fraction of sp³-hybridized carbons (Fsp3) is 0.448. The number of hydrogen-bond donors (Lipinski definition) is 1. The maximum Gasteiger partial charge on any atom is 0.295 e. The van der Waals surface area contributed by atoms with Gasteiger partial charge in [-0.3, -0.25) is 19.7 Å². The lowest BCUT2D eigenvalue weighted by Gasteiger charge is -2.27. The molecule has 1 atom stereocenters. The number of benzene rings is 2. The van der Waals surface area contributed by atoms with Crippen LogP contribution in [0.2, 0.25) is 0 Å². The molecule has 1 fully saturated rings. The van der Waals surface area contributed by atoms with Gasteiger partial charge in [-0.2, -0.15) is 0 Å². The fourth-order valence-electron chi connectivity index (χ4n) is 4.73. The first-order valence-corrected chi connectivity index (χ1v) is 13.2. The van der Waals surface area contributed by atoms with Crippen LogP contribution in [0.25, 0.3) is 5.76 Å². The zero-order valence-electron chi connectivity index (χ0n) is 22.4. The van der Waals surface area contributed by atoms with Crippen molar-refractivity contribution < 1.29 is 24.4 Å². The maximum atomic E-state index is 13.3. The Hall–Kier alpha value is -3.72. The van der Waals surface area contributed by atoms with Crippen molar-refractivity contribution in [2.45, 2.75) is 52.0 Å². The Labute approximate surface area is 223 Å². The third-order valence-corrected chi connectivity index (χ3v) is 6.83. The van der Waals surface area contributed by atoms with Crippen LogP contribution in [0.15, 0.2) is 54.1 Å². The molecular weight excluding hydrogens is 486 g/mol. The van der Waals surface area contributed by atoms with Crippen LogP contribution in [-0.2, 0) is 9.59 Å². The highest BCUT2D eigenvalue weighted by atomic mass is 16.6. The number of rotatable bonds is 14. The molecule has 3 rings (SSSR count). The standard InChI is InChI=1S/C29H37N3O6/c1-4-6-16-30(17-7-5-2)18-9-19-31-26(22-10-8-11-24(20-22)38-3)25(28(34)29(31)35)27(33)21-12-14-23(15-13-21)32(36)37/h8,10-15,20,26,33H,4-7,9,16-19H2,1-3H3/t26-/m1/s1. The van der Waals surface area contributed by atoms with Crippen molar-refractivity contribution in [2.75, 3.05) is 33.3 Å². The molecule has 0 aromatic heterocycles. The van der Waals surface area contributed by atoms with E-state index in [0.29, 0.717) is 24.3 Å². The van der Waals surface area contributed by atoms with Gasteiger partial charge in [0, 0.05) is 24.2 Å². The molecule has 0 saturated carbocycles. The van der Waals surface area contributed by atoms with Crippen LogP contribution in [0.4, 0.5) is 5.69 Å². The van der Waals surface area contributed by atoms with E-state index in [1.807, 2.05) is 0 Å². The van der Waals surface area contributed by atoms with E-state index < -0.39 is 22.7 Å². The minimum Gasteiger partial charge on any atom is -0.507 e. The van der Waals surface area contributed by atoms with E-state index in [4.69, 9.17) is 4.74 Å². The summed E-state index contributed by atoms with van der Waals surface area (Å²) >= 11 is 0. The number of carbonyl (C=O) groups excluding carboxylic acids is 2. The van der Waals surface area contributed by atoms with Crippen molar-refractivity contribution in [3.63, 3.8) is 0 Å². The molecule has 1 aliphatic heterocycles. The summed E-state index contributed by atoms with van der Waals surface area (Å²) < 4.78 is 5.37. The van der Waals surface area contributed by atoms with Gasteiger partial charge in [-0.05, 0) is 68.7 Å². The molecule has 2 aromatic carbocycles. The molecule has 204 valence electrons. The van der Waals surface area contributed by atoms with Gasteiger partial charge in [0.15, 0.2) is 0 Å². The Morgan fingerprint density at radius 3 is 2.24 bits per heavy atom. The molecule has 0 radical (unpaired) electrons. The number of ketones is 1. The third-order valence-electron chi connectivity index (χ3n) is 6.83. The second-order valence-electron chi connectivity index (χ2n) is 9.48. The molecule has 1 N–H and O–H groups in total. The minimum atomic E-state index is -0.806. The summed E-state index contributed by atoms with van der Waals surface area (Å²) in [7, 11) is 1.54. The number of Topliss-reactive ketones (excluding diaryl/α,β-unsaturated/α-hetero) is 1. The number of ether oxygens (including phenoxy) is 1. The van der Waals surface area contributed by atoms with E-state index in [1.165, 1.54) is 36.3 Å². The van der Waals surface area contributed by atoms with Crippen LogP contribution in [0.5, 0.6) is 5.75 Å². The molecule has 9 heteroatoms. The Balaban J connectivity index is 1.95. The lowest BCUT2D eigenvalue weighted by molar-refractivity contribution is -0.384. The lowest BCUT2D eigenvalue weighted by atomic mass is 9.95. The number of methoxy groups -OCH3 is 1. The lowest BCUT2D eigenvalue weighted by Crippen LogP contribution is -2.34. The Bertz CT molecular complexity index is 1150. The van der Waals surface area contributed by atoms with E-state index in [-0.39, 0.29) is 22.6 Å². The summed E-state index contributed by atoms with van der Waals surface area (Å²) in [6, 6.07) is 11.6. The van der Waals surface area contributed by atoms with Gasteiger partial charge in [-0.25, -0.2) is 0 Å². The zero-order valence-corrected chi connectivity index (χ0v) is 22.4. The Kier molecular flexibility index (Phi) is 10.4. The molecule has 1 amide bonds. The van der Waals surface area contributed by atoms with E-state index in [9.17, 15) is 24.8 Å². The summed E-state index contributed by atoms with van der Waals surface area (Å²) in [5, 5.41) is 22.2. The van der Waals surface area contributed by atoms with E-state index >= 15 is 0 Å². The molecule has 2 aromatic rings. The van der Waals surface area contributed by atoms with Gasteiger partial charge in [0.25, 0.3) is 17.4 Å². The number of nitro benzene ring substituents is 1. The normalized spacial score (nSPS) is 16.8. The van der Waals surface area contributed by atoms with Gasteiger partial charge in [0.05, 0.1) is 23.6 Å². The van der Waals surface area contributed by atoms with Crippen molar-refractivity contribution >= 4 is 23.1 Å². The topological polar surface area (TPSA) is 113 Å². The fourth-order valence-corrected chi connectivity index (χ4v) is 4.73. The van der Waals surface area contributed by atoms with Crippen molar-refractivity contribution in [1.29, 1.82) is 0 Å². The number of non-ortho nitro benzene ring substituents is 1. The van der Waals surface area contributed by atoms with Gasteiger partial charge >= 0.3 is 0 Å². The van der Waals surface area contributed by atoms with Gasteiger partial charge in [0.1, 0.15) is 11.5 Å². The van der Waals surface area contributed by atoms with Crippen LogP contribution in [0.3, 0.4) is 0 Å². The highest BCUT2D eigenvalue weighted by Gasteiger charge is 2.46. The molecule has 1 heterocycles. The average molecular weight is 524 g/mol. The quantitative estimate of drug-likeness (QED) is 0.117. The summed E-state index contributed by atoms with van der Waals surface area (Å²) in [5.41, 5.74) is 0.695. The number of carbonyl (C=O) groups is 2. The minimum absolute atomic E-state index is 0.0362. The van der Waals surface area contributed by atoms with Crippen LogP contribution >= 0.6 is 0 Å². The van der Waals surface area contributed by atoms with Gasteiger partial charge < -0.3 is 19.6 Å². The number of nitrogens with zero attached hydrogens (tertiary/aromatic N) is 3. The first-order chi connectivity index (χ1) is 18.3. The number of unbranched alkanes of at least 4 members (excludes halogenated alkanes) is 2. The molecule has 0 bridgehead atoms.